The summed E-state index contributed by atoms with van der Waals surface area (Å²) < 4.78 is 10.0. The molecule has 1 aromatic carbocycles. The number of aromatic nitrogens is 1. The highest BCUT2D eigenvalue weighted by atomic mass is 35.5. The maximum Gasteiger partial charge on any atom is 0.357 e. The number of amides is 1. The molecule has 140 valence electrons. The summed E-state index contributed by atoms with van der Waals surface area (Å²) in [5, 5.41) is 2.70. The van der Waals surface area contributed by atoms with E-state index < -0.39 is 5.97 Å². The third-order valence-electron chi connectivity index (χ3n) is 3.53. The fraction of sp³-hybridized carbons (Fsp3) is 0.389. The van der Waals surface area contributed by atoms with Gasteiger partial charge in [-0.15, -0.1) is 11.3 Å². The summed E-state index contributed by atoms with van der Waals surface area (Å²) in [4.78, 5) is 30.6. The first kappa shape index (κ1) is 20.4. The normalized spacial score (nSPS) is 10.6. The van der Waals surface area contributed by atoms with Crippen LogP contribution in [-0.4, -0.2) is 48.6 Å². The maximum atomic E-state index is 12.9. The first-order valence-electron chi connectivity index (χ1n) is 8.21. The van der Waals surface area contributed by atoms with E-state index in [0.29, 0.717) is 41.8 Å². The van der Waals surface area contributed by atoms with Crippen molar-refractivity contribution < 1.29 is 19.1 Å². The van der Waals surface area contributed by atoms with Crippen molar-refractivity contribution in [3.8, 4) is 0 Å². The minimum atomic E-state index is -0.460. The van der Waals surface area contributed by atoms with Crippen molar-refractivity contribution in [2.75, 3.05) is 26.9 Å². The number of carbonyl (C=O) groups excluding carboxylic acids is 2. The second kappa shape index (κ2) is 10.3. The predicted octanol–water partition coefficient (Wildman–Crippen LogP) is 3.65. The lowest BCUT2D eigenvalue weighted by Crippen LogP contribution is -2.32. The summed E-state index contributed by atoms with van der Waals surface area (Å²) in [7, 11) is 1.62. The Kier molecular flexibility index (Phi) is 8.03. The Bertz CT molecular complexity index is 750. The zero-order valence-corrected chi connectivity index (χ0v) is 16.3. The summed E-state index contributed by atoms with van der Waals surface area (Å²) in [6.45, 7) is 3.35. The standard InChI is InChI=1S/C18H21ClN2O4S/c1-3-25-18(23)15-12-26-16(20-15)11-21(9-6-10-24-2)17(22)13-7-4-5-8-14(13)19/h4-5,7-8,12H,3,6,9-11H2,1-2H3. The predicted molar refractivity (Wildman–Crippen MR) is 101 cm³/mol. The molecule has 0 saturated heterocycles. The minimum Gasteiger partial charge on any atom is -0.461 e. The lowest BCUT2D eigenvalue weighted by atomic mass is 10.2. The molecule has 2 rings (SSSR count). The lowest BCUT2D eigenvalue weighted by Gasteiger charge is -2.22. The zero-order valence-electron chi connectivity index (χ0n) is 14.7. The Morgan fingerprint density at radius 3 is 2.77 bits per heavy atom. The number of thiazole rings is 1. The van der Waals surface area contributed by atoms with Crippen LogP contribution in [0.1, 0.15) is 39.2 Å². The number of halogens is 1. The smallest absolute Gasteiger partial charge is 0.357 e. The molecule has 0 N–H and O–H groups in total. The Morgan fingerprint density at radius 1 is 1.31 bits per heavy atom. The van der Waals surface area contributed by atoms with Gasteiger partial charge in [-0.1, -0.05) is 23.7 Å². The molecule has 0 aliphatic heterocycles. The number of nitrogens with zero attached hydrogens (tertiary/aromatic N) is 2. The number of ether oxygens (including phenoxy) is 2. The number of carbonyl (C=O) groups is 2. The highest BCUT2D eigenvalue weighted by molar-refractivity contribution is 7.09. The van der Waals surface area contributed by atoms with E-state index in [9.17, 15) is 9.59 Å². The highest BCUT2D eigenvalue weighted by Crippen LogP contribution is 2.20. The molecule has 2 aromatic rings. The molecule has 26 heavy (non-hydrogen) atoms. The monoisotopic (exact) mass is 396 g/mol. The number of rotatable bonds is 9. The molecule has 0 bridgehead atoms. The fourth-order valence-electron chi connectivity index (χ4n) is 2.30. The van der Waals surface area contributed by atoms with Crippen LogP contribution in [0.15, 0.2) is 29.6 Å². The fourth-order valence-corrected chi connectivity index (χ4v) is 3.30. The van der Waals surface area contributed by atoms with Crippen molar-refractivity contribution in [3.63, 3.8) is 0 Å². The molecule has 0 spiro atoms. The van der Waals surface area contributed by atoms with E-state index in [1.54, 1.807) is 48.6 Å². The molecule has 1 amide bonds. The van der Waals surface area contributed by atoms with E-state index in [1.165, 1.54) is 11.3 Å². The quantitative estimate of drug-likeness (QED) is 0.478. The van der Waals surface area contributed by atoms with Crippen molar-refractivity contribution in [3.05, 3.63) is 50.9 Å². The van der Waals surface area contributed by atoms with Gasteiger partial charge in [0.2, 0.25) is 0 Å². The van der Waals surface area contributed by atoms with Crippen LogP contribution in [-0.2, 0) is 16.0 Å². The van der Waals surface area contributed by atoms with Crippen molar-refractivity contribution in [2.24, 2.45) is 0 Å². The van der Waals surface area contributed by atoms with Gasteiger partial charge in [0.25, 0.3) is 5.91 Å². The molecular weight excluding hydrogens is 376 g/mol. The number of benzene rings is 1. The van der Waals surface area contributed by atoms with Crippen LogP contribution in [0.2, 0.25) is 5.02 Å². The van der Waals surface area contributed by atoms with Gasteiger partial charge in [0.15, 0.2) is 5.69 Å². The third kappa shape index (κ3) is 5.52. The van der Waals surface area contributed by atoms with Crippen LogP contribution in [0, 0.1) is 0 Å². The summed E-state index contributed by atoms with van der Waals surface area (Å²) in [6.07, 6.45) is 0.683. The van der Waals surface area contributed by atoms with Gasteiger partial charge in [0.1, 0.15) is 5.01 Å². The molecule has 0 aliphatic carbocycles. The Balaban J connectivity index is 2.15. The van der Waals surface area contributed by atoms with E-state index in [2.05, 4.69) is 4.98 Å². The van der Waals surface area contributed by atoms with Crippen molar-refractivity contribution in [1.29, 1.82) is 0 Å². The molecule has 0 radical (unpaired) electrons. The van der Waals surface area contributed by atoms with Crippen molar-refractivity contribution in [1.82, 2.24) is 9.88 Å². The average Bonchev–Trinajstić information content (AvgIpc) is 3.10. The highest BCUT2D eigenvalue weighted by Gasteiger charge is 2.20. The number of hydrogen-bond donors (Lipinski definition) is 0. The van der Waals surface area contributed by atoms with Crippen molar-refractivity contribution >= 4 is 34.8 Å². The second-order valence-electron chi connectivity index (χ2n) is 5.40. The second-order valence-corrected chi connectivity index (χ2v) is 6.75. The number of methoxy groups -OCH3 is 1. The number of esters is 1. The first-order valence-corrected chi connectivity index (χ1v) is 9.46. The van der Waals surface area contributed by atoms with E-state index in [4.69, 9.17) is 21.1 Å². The molecule has 0 unspecified atom stereocenters. The van der Waals surface area contributed by atoms with E-state index in [0.717, 1.165) is 0 Å². The van der Waals surface area contributed by atoms with Gasteiger partial charge in [-0.3, -0.25) is 4.79 Å². The molecular formula is C18H21ClN2O4S. The Morgan fingerprint density at radius 2 is 2.08 bits per heavy atom. The molecule has 0 aliphatic rings. The Labute approximate surface area is 161 Å². The first-order chi connectivity index (χ1) is 12.6. The van der Waals surface area contributed by atoms with Crippen LogP contribution in [0.5, 0.6) is 0 Å². The van der Waals surface area contributed by atoms with Gasteiger partial charge >= 0.3 is 5.97 Å². The third-order valence-corrected chi connectivity index (χ3v) is 4.69. The van der Waals surface area contributed by atoms with Crippen LogP contribution in [0.4, 0.5) is 0 Å². The molecule has 1 heterocycles. The van der Waals surface area contributed by atoms with Crippen LogP contribution >= 0.6 is 22.9 Å². The molecule has 8 heteroatoms. The molecule has 0 saturated carbocycles. The van der Waals surface area contributed by atoms with Gasteiger partial charge in [0, 0.05) is 25.6 Å². The van der Waals surface area contributed by atoms with Gasteiger partial charge in [0.05, 0.1) is 23.7 Å². The van der Waals surface area contributed by atoms with Crippen LogP contribution in [0.25, 0.3) is 0 Å². The van der Waals surface area contributed by atoms with Gasteiger partial charge in [-0.05, 0) is 25.5 Å². The van der Waals surface area contributed by atoms with Gasteiger partial charge in [-0.25, -0.2) is 9.78 Å². The minimum absolute atomic E-state index is 0.181. The lowest BCUT2D eigenvalue weighted by molar-refractivity contribution is 0.0520. The van der Waals surface area contributed by atoms with Crippen molar-refractivity contribution in [2.45, 2.75) is 19.9 Å². The Hall–Kier alpha value is -1.96. The summed E-state index contributed by atoms with van der Waals surface area (Å²) >= 11 is 7.48. The molecule has 0 fully saturated rings. The van der Waals surface area contributed by atoms with Crippen LogP contribution < -0.4 is 0 Å². The van der Waals surface area contributed by atoms with E-state index in [1.807, 2.05) is 0 Å². The van der Waals surface area contributed by atoms with Gasteiger partial charge in [-0.2, -0.15) is 0 Å². The summed E-state index contributed by atoms with van der Waals surface area (Å²) in [5.41, 5.74) is 0.697. The molecule has 6 nitrogen and oxygen atoms in total. The summed E-state index contributed by atoms with van der Waals surface area (Å²) in [5.74, 6) is -0.641. The maximum absolute atomic E-state index is 12.9. The zero-order chi connectivity index (χ0) is 18.9. The molecule has 0 atom stereocenters. The summed E-state index contributed by atoms with van der Waals surface area (Å²) in [6, 6.07) is 6.93. The van der Waals surface area contributed by atoms with Gasteiger partial charge < -0.3 is 14.4 Å². The van der Waals surface area contributed by atoms with E-state index in [-0.39, 0.29) is 18.1 Å². The molecule has 1 aromatic heterocycles. The topological polar surface area (TPSA) is 68.7 Å². The van der Waals surface area contributed by atoms with E-state index >= 15 is 0 Å². The number of hydrogen-bond acceptors (Lipinski definition) is 6. The average molecular weight is 397 g/mol. The largest absolute Gasteiger partial charge is 0.461 e. The SMILES string of the molecule is CCOC(=O)c1csc(CN(CCCOC)C(=O)c2ccccc2Cl)n1. The van der Waals surface area contributed by atoms with Crippen LogP contribution in [0.3, 0.4) is 0 Å².